The molecule has 0 amide bonds. The summed E-state index contributed by atoms with van der Waals surface area (Å²) in [4.78, 5) is 39.1. The summed E-state index contributed by atoms with van der Waals surface area (Å²) in [5, 5.41) is 0. The lowest BCUT2D eigenvalue weighted by Crippen LogP contribution is -2.46. The molecule has 0 aliphatic carbocycles. The van der Waals surface area contributed by atoms with Crippen LogP contribution in [0.1, 0.15) is 61.5 Å². The number of esters is 3. The number of hydrogen-bond donors (Lipinski definition) is 0. The molecule has 54 heavy (non-hydrogen) atoms. The van der Waals surface area contributed by atoms with E-state index >= 15 is 0 Å². The molecule has 3 saturated heterocycles. The molecule has 3 fully saturated rings. The van der Waals surface area contributed by atoms with Crippen LogP contribution in [0.4, 0.5) is 0 Å². The minimum absolute atomic E-state index is 0.0361. The van der Waals surface area contributed by atoms with Gasteiger partial charge in [-0.25, -0.2) is 14.4 Å². The molecule has 3 aliphatic heterocycles. The van der Waals surface area contributed by atoms with Gasteiger partial charge in [0.15, 0.2) is 0 Å². The summed E-state index contributed by atoms with van der Waals surface area (Å²) in [5.41, 5.74) is 1.35. The molecule has 0 saturated carbocycles. The average Bonchev–Trinajstić information content (AvgIpc) is 3.14. The van der Waals surface area contributed by atoms with Crippen LogP contribution >= 0.6 is 0 Å². The maximum Gasteiger partial charge on any atom is 0.342 e. The Balaban J connectivity index is 1.07. The van der Waals surface area contributed by atoms with E-state index in [4.69, 9.17) is 37.9 Å². The van der Waals surface area contributed by atoms with Crippen molar-refractivity contribution in [2.45, 2.75) is 40.0 Å². The predicted octanol–water partition coefficient (Wildman–Crippen LogP) is 7.12. The summed E-state index contributed by atoms with van der Waals surface area (Å²) < 4.78 is 44.8. The average molecular weight is 741 g/mol. The van der Waals surface area contributed by atoms with Crippen LogP contribution in [-0.2, 0) is 28.5 Å². The quantitative estimate of drug-likeness (QED) is 0.0752. The molecule has 0 radical (unpaired) electrons. The largest absolute Gasteiger partial charge is 0.493 e. The van der Waals surface area contributed by atoms with Gasteiger partial charge in [-0.05, 0) is 85.0 Å². The van der Waals surface area contributed by atoms with Gasteiger partial charge in [-0.3, -0.25) is 0 Å². The van der Waals surface area contributed by atoms with E-state index in [1.165, 1.54) is 30.4 Å². The van der Waals surface area contributed by atoms with E-state index in [0.29, 0.717) is 52.9 Å². The van der Waals surface area contributed by atoms with Gasteiger partial charge >= 0.3 is 17.9 Å². The SMILES string of the molecule is CCC1(COC(=O)c2cc(OC(=O)C=Cc3ccc(OCC4(CC)COC4)cc3)ccc2OC(=O)C=Cc2ccc(OCC3(CC)COC3)cc2)COC1. The lowest BCUT2D eigenvalue weighted by molar-refractivity contribution is -0.140. The Morgan fingerprint density at radius 1 is 0.574 bits per heavy atom. The van der Waals surface area contributed by atoms with Crippen molar-refractivity contribution in [1.29, 1.82) is 0 Å². The van der Waals surface area contributed by atoms with Crippen LogP contribution in [0.2, 0.25) is 0 Å². The minimum Gasteiger partial charge on any atom is -0.493 e. The Kier molecular flexibility index (Phi) is 12.5. The van der Waals surface area contributed by atoms with Crippen LogP contribution in [0, 0.1) is 16.2 Å². The van der Waals surface area contributed by atoms with Crippen molar-refractivity contribution in [2.75, 3.05) is 59.5 Å². The molecule has 0 aromatic heterocycles. The van der Waals surface area contributed by atoms with Crippen molar-refractivity contribution < 1.29 is 52.3 Å². The molecule has 3 heterocycles. The van der Waals surface area contributed by atoms with Crippen molar-refractivity contribution in [2.24, 2.45) is 16.2 Å². The Morgan fingerprint density at radius 2 is 1.00 bits per heavy atom. The number of carbonyl (C=O) groups is 3. The second-order valence-corrected chi connectivity index (χ2v) is 14.5. The molecule has 286 valence electrons. The van der Waals surface area contributed by atoms with Crippen LogP contribution in [0.5, 0.6) is 23.0 Å². The molecule has 6 rings (SSSR count). The van der Waals surface area contributed by atoms with Gasteiger partial charge < -0.3 is 37.9 Å². The first-order chi connectivity index (χ1) is 26.2. The van der Waals surface area contributed by atoms with Crippen molar-refractivity contribution in [1.82, 2.24) is 0 Å². The van der Waals surface area contributed by atoms with Gasteiger partial charge in [0.05, 0.1) is 69.1 Å². The molecule has 0 unspecified atom stereocenters. The Morgan fingerprint density at radius 3 is 1.43 bits per heavy atom. The molecule has 11 nitrogen and oxygen atoms in total. The fourth-order valence-corrected chi connectivity index (χ4v) is 5.90. The zero-order valence-corrected chi connectivity index (χ0v) is 31.1. The first kappa shape index (κ1) is 38.7. The van der Waals surface area contributed by atoms with Crippen LogP contribution in [-0.4, -0.2) is 77.4 Å². The summed E-state index contributed by atoms with van der Waals surface area (Å²) in [6.45, 7) is 11.4. The highest BCUT2D eigenvalue weighted by atomic mass is 16.6. The van der Waals surface area contributed by atoms with Crippen LogP contribution in [0.15, 0.2) is 78.9 Å². The smallest absolute Gasteiger partial charge is 0.342 e. The zero-order valence-electron chi connectivity index (χ0n) is 31.1. The van der Waals surface area contributed by atoms with E-state index in [9.17, 15) is 14.4 Å². The summed E-state index contributed by atoms with van der Waals surface area (Å²) in [7, 11) is 0. The molecule has 3 aliphatic rings. The third-order valence-corrected chi connectivity index (χ3v) is 10.5. The summed E-state index contributed by atoms with van der Waals surface area (Å²) >= 11 is 0. The molecule has 0 atom stereocenters. The highest BCUT2D eigenvalue weighted by Crippen LogP contribution is 2.34. The zero-order chi connectivity index (χ0) is 38.0. The number of hydrogen-bond acceptors (Lipinski definition) is 11. The van der Waals surface area contributed by atoms with Crippen molar-refractivity contribution >= 4 is 30.1 Å². The highest BCUT2D eigenvalue weighted by Gasteiger charge is 2.39. The highest BCUT2D eigenvalue weighted by molar-refractivity contribution is 5.96. The lowest BCUT2D eigenvalue weighted by atomic mass is 9.84. The molecule has 0 bridgehead atoms. The van der Waals surface area contributed by atoms with Crippen molar-refractivity contribution in [3.05, 3.63) is 95.6 Å². The van der Waals surface area contributed by atoms with Gasteiger partial charge in [0, 0.05) is 12.2 Å². The first-order valence-corrected chi connectivity index (χ1v) is 18.5. The maximum atomic E-state index is 13.4. The van der Waals surface area contributed by atoms with Crippen LogP contribution in [0.25, 0.3) is 12.2 Å². The number of rotatable bonds is 18. The van der Waals surface area contributed by atoms with Gasteiger partial charge in [-0.2, -0.15) is 0 Å². The minimum atomic E-state index is -0.721. The molecule has 11 heteroatoms. The molecule has 0 N–H and O–H groups in total. The molecule has 3 aromatic rings. The number of ether oxygens (including phenoxy) is 8. The van der Waals surface area contributed by atoms with Crippen molar-refractivity contribution in [3.8, 4) is 23.0 Å². The van der Waals surface area contributed by atoms with Gasteiger partial charge in [-0.1, -0.05) is 45.0 Å². The monoisotopic (exact) mass is 740 g/mol. The normalized spacial score (nSPS) is 17.8. The molecular weight excluding hydrogens is 692 g/mol. The first-order valence-electron chi connectivity index (χ1n) is 18.5. The Labute approximate surface area is 316 Å². The Hall–Kier alpha value is -4.97. The topological polar surface area (TPSA) is 125 Å². The van der Waals surface area contributed by atoms with Crippen molar-refractivity contribution in [3.63, 3.8) is 0 Å². The Bertz CT molecular complexity index is 1800. The molecular formula is C43H48O11. The van der Waals surface area contributed by atoms with E-state index in [2.05, 4.69) is 13.8 Å². The predicted molar refractivity (Wildman–Crippen MR) is 201 cm³/mol. The van der Waals surface area contributed by atoms with Gasteiger partial charge in [-0.15, -0.1) is 0 Å². The van der Waals surface area contributed by atoms with Gasteiger partial charge in [0.1, 0.15) is 35.2 Å². The van der Waals surface area contributed by atoms with Crippen LogP contribution in [0.3, 0.4) is 0 Å². The summed E-state index contributed by atoms with van der Waals surface area (Å²) in [6.07, 6.45) is 8.52. The number of carbonyl (C=O) groups excluding carboxylic acids is 3. The second-order valence-electron chi connectivity index (χ2n) is 14.5. The molecule has 0 spiro atoms. The van der Waals surface area contributed by atoms with E-state index in [1.54, 1.807) is 12.2 Å². The fourth-order valence-electron chi connectivity index (χ4n) is 5.90. The van der Waals surface area contributed by atoms with Crippen LogP contribution < -0.4 is 18.9 Å². The third kappa shape index (κ3) is 9.76. The maximum absolute atomic E-state index is 13.4. The van der Waals surface area contributed by atoms with E-state index in [1.807, 2.05) is 55.5 Å². The fraction of sp³-hybridized carbons (Fsp3) is 0.419. The van der Waals surface area contributed by atoms with E-state index in [-0.39, 0.29) is 39.9 Å². The summed E-state index contributed by atoms with van der Waals surface area (Å²) in [5.74, 6) is -0.580. The lowest BCUT2D eigenvalue weighted by Gasteiger charge is -2.40. The third-order valence-electron chi connectivity index (χ3n) is 10.5. The van der Waals surface area contributed by atoms with Gasteiger partial charge in [0.25, 0.3) is 0 Å². The van der Waals surface area contributed by atoms with E-state index in [0.717, 1.165) is 41.9 Å². The van der Waals surface area contributed by atoms with Gasteiger partial charge in [0.2, 0.25) is 0 Å². The van der Waals surface area contributed by atoms with E-state index < -0.39 is 17.9 Å². The standard InChI is InChI=1S/C43H48O11/c1-4-41(22-47-23-41)28-50-33-13-7-31(8-14-33)11-19-38(44)53-35-17-18-37(36(21-35)40(46)52-30-43(6-3)26-49-27-43)54-39(45)20-12-32-9-15-34(16-10-32)51-29-42(5-2)24-48-25-42/h7-21H,4-6,22-30H2,1-3H3. The molecule has 3 aromatic carbocycles. The summed E-state index contributed by atoms with van der Waals surface area (Å²) in [6, 6.07) is 18.9. The second kappa shape index (κ2) is 17.4. The number of benzene rings is 3.